The molecule has 1 aliphatic heterocycles. The van der Waals surface area contributed by atoms with Crippen molar-refractivity contribution in [2.45, 2.75) is 6.92 Å². The molecule has 3 rings (SSSR count). The molecule has 6 nitrogen and oxygen atoms in total. The summed E-state index contributed by atoms with van der Waals surface area (Å²) in [5.74, 6) is -0.148. The molecule has 1 N–H and O–H groups in total. The minimum atomic E-state index is -0.309. The lowest BCUT2D eigenvalue weighted by Crippen LogP contribution is -2.48. The van der Waals surface area contributed by atoms with E-state index >= 15 is 0 Å². The van der Waals surface area contributed by atoms with Crippen LogP contribution in [0.25, 0.3) is 0 Å². The number of hydrogen-bond acceptors (Lipinski definition) is 5. The zero-order chi connectivity index (χ0) is 19.9. The molecule has 150 valence electrons. The number of carbonyl (C=O) groups is 1. The van der Waals surface area contributed by atoms with E-state index in [1.165, 1.54) is 12.1 Å². The van der Waals surface area contributed by atoms with Crippen molar-refractivity contribution in [1.82, 2.24) is 15.2 Å². The Morgan fingerprint density at radius 1 is 1.18 bits per heavy atom. The Bertz CT molecular complexity index is 795. The van der Waals surface area contributed by atoms with E-state index in [2.05, 4.69) is 20.1 Å². The van der Waals surface area contributed by atoms with Crippen LogP contribution in [0, 0.1) is 5.82 Å². The van der Waals surface area contributed by atoms with Gasteiger partial charge in [-0.15, -0.1) is 0 Å². The van der Waals surface area contributed by atoms with Crippen LogP contribution in [0.3, 0.4) is 0 Å². The highest BCUT2D eigenvalue weighted by molar-refractivity contribution is 6.33. The molecule has 0 radical (unpaired) electrons. The summed E-state index contributed by atoms with van der Waals surface area (Å²) in [7, 11) is 0. The third-order valence-corrected chi connectivity index (χ3v) is 4.91. The predicted octanol–water partition coefficient (Wildman–Crippen LogP) is 2.82. The van der Waals surface area contributed by atoms with Gasteiger partial charge in [-0.25, -0.2) is 9.37 Å². The summed E-state index contributed by atoms with van der Waals surface area (Å²) in [4.78, 5) is 21.0. The third-order valence-electron chi connectivity index (χ3n) is 4.61. The van der Waals surface area contributed by atoms with Crippen molar-refractivity contribution in [2.24, 2.45) is 0 Å². The van der Waals surface area contributed by atoms with Crippen molar-refractivity contribution in [2.75, 3.05) is 50.8 Å². The van der Waals surface area contributed by atoms with E-state index in [-0.39, 0.29) is 17.4 Å². The van der Waals surface area contributed by atoms with Gasteiger partial charge in [0.2, 0.25) is 5.88 Å². The van der Waals surface area contributed by atoms with Gasteiger partial charge in [0.05, 0.1) is 11.6 Å². The van der Waals surface area contributed by atoms with Gasteiger partial charge in [-0.1, -0.05) is 11.6 Å². The molecule has 1 amide bonds. The molecule has 0 saturated carbocycles. The van der Waals surface area contributed by atoms with E-state index < -0.39 is 0 Å². The minimum absolute atomic E-state index is 0.175. The third kappa shape index (κ3) is 5.33. The number of halogens is 2. The second-order valence-electron chi connectivity index (χ2n) is 6.47. The number of hydrogen-bond donors (Lipinski definition) is 1. The van der Waals surface area contributed by atoms with Gasteiger partial charge >= 0.3 is 0 Å². The van der Waals surface area contributed by atoms with E-state index in [1.807, 2.05) is 6.92 Å². The van der Waals surface area contributed by atoms with E-state index in [9.17, 15) is 9.18 Å². The van der Waals surface area contributed by atoms with Crippen molar-refractivity contribution in [3.63, 3.8) is 0 Å². The Morgan fingerprint density at radius 2 is 1.89 bits per heavy atom. The lowest BCUT2D eigenvalue weighted by atomic mass is 10.2. The zero-order valence-electron chi connectivity index (χ0n) is 15.8. The molecule has 1 aromatic heterocycles. The minimum Gasteiger partial charge on any atom is -0.478 e. The number of ether oxygens (including phenoxy) is 1. The molecule has 0 unspecified atom stereocenters. The second-order valence-corrected chi connectivity index (χ2v) is 6.88. The van der Waals surface area contributed by atoms with Gasteiger partial charge in [-0.2, -0.15) is 0 Å². The second kappa shape index (κ2) is 9.71. The normalized spacial score (nSPS) is 14.8. The smallest absolute Gasteiger partial charge is 0.271 e. The van der Waals surface area contributed by atoms with Gasteiger partial charge in [0.1, 0.15) is 5.82 Å². The number of aromatic nitrogens is 1. The molecule has 2 heterocycles. The van der Waals surface area contributed by atoms with Gasteiger partial charge in [-0.05, 0) is 37.3 Å². The fourth-order valence-corrected chi connectivity index (χ4v) is 3.30. The summed E-state index contributed by atoms with van der Waals surface area (Å²) in [6.07, 6.45) is 0. The fourth-order valence-electron chi connectivity index (χ4n) is 3.10. The number of benzene rings is 1. The summed E-state index contributed by atoms with van der Waals surface area (Å²) < 4.78 is 18.4. The highest BCUT2D eigenvalue weighted by Gasteiger charge is 2.18. The molecule has 28 heavy (non-hydrogen) atoms. The molecule has 1 fully saturated rings. The van der Waals surface area contributed by atoms with E-state index in [0.29, 0.717) is 24.1 Å². The van der Waals surface area contributed by atoms with Crippen LogP contribution in [-0.2, 0) is 0 Å². The van der Waals surface area contributed by atoms with Gasteiger partial charge in [0, 0.05) is 51.0 Å². The Labute approximate surface area is 169 Å². The first-order chi connectivity index (χ1) is 13.6. The largest absolute Gasteiger partial charge is 0.478 e. The molecule has 0 aliphatic carbocycles. The van der Waals surface area contributed by atoms with Crippen molar-refractivity contribution >= 4 is 23.2 Å². The van der Waals surface area contributed by atoms with Gasteiger partial charge in [0.25, 0.3) is 5.91 Å². The molecule has 1 aromatic carbocycles. The molecule has 1 saturated heterocycles. The average molecular weight is 407 g/mol. The predicted molar refractivity (Wildman–Crippen MR) is 108 cm³/mol. The maximum absolute atomic E-state index is 13.0. The maximum Gasteiger partial charge on any atom is 0.271 e. The summed E-state index contributed by atoms with van der Waals surface area (Å²) in [6, 6.07) is 9.83. The van der Waals surface area contributed by atoms with E-state index in [0.717, 1.165) is 38.4 Å². The quantitative estimate of drug-likeness (QED) is 0.766. The Hall–Kier alpha value is -2.38. The Kier molecular flexibility index (Phi) is 7.06. The number of rotatable bonds is 7. The number of anilines is 1. The number of amides is 1. The maximum atomic E-state index is 13.0. The molecule has 1 aliphatic rings. The number of nitrogens with zero attached hydrogens (tertiary/aromatic N) is 3. The molecular weight excluding hydrogens is 383 g/mol. The van der Waals surface area contributed by atoms with Gasteiger partial charge in [-0.3, -0.25) is 9.69 Å². The zero-order valence-corrected chi connectivity index (χ0v) is 16.6. The lowest BCUT2D eigenvalue weighted by molar-refractivity contribution is 0.0942. The first-order valence-electron chi connectivity index (χ1n) is 9.37. The molecule has 8 heteroatoms. The van der Waals surface area contributed by atoms with Crippen LogP contribution in [0.2, 0.25) is 5.02 Å². The highest BCUT2D eigenvalue weighted by Crippen LogP contribution is 2.18. The number of pyridine rings is 1. The van der Waals surface area contributed by atoms with Crippen LogP contribution in [0.15, 0.2) is 36.4 Å². The Morgan fingerprint density at radius 3 is 2.57 bits per heavy atom. The van der Waals surface area contributed by atoms with Crippen LogP contribution in [-0.4, -0.2) is 61.7 Å². The Balaban J connectivity index is 1.44. The number of carbonyl (C=O) groups excluding carboxylic acids is 1. The summed E-state index contributed by atoms with van der Waals surface area (Å²) in [5.41, 5.74) is 1.21. The van der Waals surface area contributed by atoms with Gasteiger partial charge in [0.15, 0.2) is 5.69 Å². The van der Waals surface area contributed by atoms with Crippen LogP contribution in [0.1, 0.15) is 17.4 Å². The lowest BCUT2D eigenvalue weighted by Gasteiger charge is -2.36. The summed E-state index contributed by atoms with van der Waals surface area (Å²) in [6.45, 7) is 7.06. The topological polar surface area (TPSA) is 57.7 Å². The van der Waals surface area contributed by atoms with Crippen LogP contribution < -0.4 is 15.0 Å². The first kappa shape index (κ1) is 20.4. The van der Waals surface area contributed by atoms with E-state index in [4.69, 9.17) is 16.3 Å². The van der Waals surface area contributed by atoms with Crippen LogP contribution in [0.4, 0.5) is 10.1 Å². The van der Waals surface area contributed by atoms with Crippen molar-refractivity contribution in [3.05, 3.63) is 52.9 Å². The monoisotopic (exact) mass is 406 g/mol. The van der Waals surface area contributed by atoms with Crippen LogP contribution >= 0.6 is 11.6 Å². The molecule has 0 spiro atoms. The van der Waals surface area contributed by atoms with Crippen LogP contribution in [0.5, 0.6) is 5.88 Å². The molecule has 2 aromatic rings. The summed E-state index contributed by atoms with van der Waals surface area (Å²) >= 11 is 6.08. The van der Waals surface area contributed by atoms with Crippen molar-refractivity contribution < 1.29 is 13.9 Å². The number of nitrogens with one attached hydrogen (secondary N) is 1. The highest BCUT2D eigenvalue weighted by atomic mass is 35.5. The number of piperazine rings is 1. The SMILES string of the molecule is CCOc1ccc(Cl)c(C(=O)NCCN2CCN(c3ccc(F)cc3)CC2)n1. The molecular formula is C20H24ClFN4O2. The van der Waals surface area contributed by atoms with E-state index in [1.54, 1.807) is 24.3 Å². The fraction of sp³-hybridized carbons (Fsp3) is 0.400. The molecule has 0 atom stereocenters. The standard InChI is InChI=1S/C20H24ClFN4O2/c1-2-28-18-8-7-17(21)19(24-18)20(27)23-9-10-25-11-13-26(14-12-25)16-5-3-15(22)4-6-16/h3-8H,2,9-14H2,1H3,(H,23,27). The van der Waals surface area contributed by atoms with Gasteiger partial charge < -0.3 is 15.0 Å². The first-order valence-corrected chi connectivity index (χ1v) is 9.75. The summed E-state index contributed by atoms with van der Waals surface area (Å²) in [5, 5.41) is 3.17. The molecule has 0 bridgehead atoms. The average Bonchev–Trinajstić information content (AvgIpc) is 2.71. The van der Waals surface area contributed by atoms with Crippen molar-refractivity contribution in [1.29, 1.82) is 0 Å². The van der Waals surface area contributed by atoms with Crippen molar-refractivity contribution in [3.8, 4) is 5.88 Å².